The van der Waals surface area contributed by atoms with Crippen molar-refractivity contribution in [1.82, 2.24) is 10.2 Å². The largest absolute Gasteiger partial charge is 0.352 e. The van der Waals surface area contributed by atoms with Crippen LogP contribution in [0.4, 0.5) is 5.69 Å². The van der Waals surface area contributed by atoms with Crippen LogP contribution in [0.5, 0.6) is 0 Å². The van der Waals surface area contributed by atoms with Crippen molar-refractivity contribution in [3.05, 3.63) is 124 Å². The Morgan fingerprint density at radius 2 is 1.58 bits per heavy atom. The molecule has 0 saturated carbocycles. The molecule has 6 rings (SSSR count). The average molecular weight is 642 g/mol. The molecule has 0 aromatic heterocycles. The van der Waals surface area contributed by atoms with Gasteiger partial charge in [0.2, 0.25) is 9.84 Å². The lowest BCUT2D eigenvalue weighted by Crippen LogP contribution is -2.36. The van der Waals surface area contributed by atoms with Crippen molar-refractivity contribution in [1.29, 1.82) is 0 Å². The molecule has 4 aromatic carbocycles. The third-order valence-electron chi connectivity index (χ3n) is 8.69. The maximum atomic E-state index is 13.9. The lowest BCUT2D eigenvalue weighted by atomic mass is 9.90. The van der Waals surface area contributed by atoms with Crippen molar-refractivity contribution in [2.75, 3.05) is 31.1 Å². The maximum Gasteiger partial charge on any atom is 0.259 e. The number of piperidine rings is 1. The molecule has 232 valence electrons. The number of amides is 2. The summed E-state index contributed by atoms with van der Waals surface area (Å²) in [5, 5.41) is 3.49. The molecular formula is C36H36ClN3O4S. The molecular weight excluding hydrogens is 606 g/mol. The van der Waals surface area contributed by atoms with Gasteiger partial charge in [0.05, 0.1) is 27.6 Å². The molecule has 1 N–H and O–H groups in total. The molecule has 0 unspecified atom stereocenters. The second-order valence-electron chi connectivity index (χ2n) is 11.8. The minimum Gasteiger partial charge on any atom is -0.352 e. The van der Waals surface area contributed by atoms with Crippen LogP contribution in [0.2, 0.25) is 5.02 Å². The highest BCUT2D eigenvalue weighted by Crippen LogP contribution is 2.38. The summed E-state index contributed by atoms with van der Waals surface area (Å²) in [4.78, 5) is 30.9. The van der Waals surface area contributed by atoms with E-state index in [1.165, 1.54) is 53.6 Å². The van der Waals surface area contributed by atoms with Gasteiger partial charge >= 0.3 is 0 Å². The standard InChI is InChI=1S/C36H36ClN3O4S/c37-30-11-6-10-28(23-30)25-40-32-24-29(14-15-34(32)45(43,44)33-13-5-4-12-31(33)36(40)42)35(41)38-18-7-19-39-20-16-27(17-21-39)22-26-8-2-1-3-9-26/h1-6,8-15,23-24,27H,7,16-22,25H2,(H,38,41). The minimum absolute atomic E-state index is 0.0185. The fraction of sp³-hybridized carbons (Fsp3) is 0.278. The van der Waals surface area contributed by atoms with E-state index in [1.54, 1.807) is 30.3 Å². The van der Waals surface area contributed by atoms with Gasteiger partial charge in [0.1, 0.15) is 0 Å². The number of fused-ring (bicyclic) bond motifs is 2. The molecule has 2 aliphatic rings. The molecule has 2 aliphatic heterocycles. The predicted molar refractivity (Wildman–Crippen MR) is 177 cm³/mol. The Balaban J connectivity index is 1.13. The number of rotatable bonds is 9. The Morgan fingerprint density at radius 3 is 2.36 bits per heavy atom. The summed E-state index contributed by atoms with van der Waals surface area (Å²) >= 11 is 6.22. The molecule has 7 nitrogen and oxygen atoms in total. The van der Waals surface area contributed by atoms with E-state index in [9.17, 15) is 18.0 Å². The fourth-order valence-electron chi connectivity index (χ4n) is 6.29. The third-order valence-corrected chi connectivity index (χ3v) is 10.8. The first kappa shape index (κ1) is 31.0. The van der Waals surface area contributed by atoms with E-state index in [-0.39, 0.29) is 33.5 Å². The van der Waals surface area contributed by atoms with Gasteiger partial charge in [0.15, 0.2) is 0 Å². The summed E-state index contributed by atoms with van der Waals surface area (Å²) in [6, 6.07) is 28.4. The molecule has 0 atom stereocenters. The Kier molecular flexibility index (Phi) is 9.35. The van der Waals surface area contributed by atoms with Crippen molar-refractivity contribution in [2.24, 2.45) is 5.92 Å². The summed E-state index contributed by atoms with van der Waals surface area (Å²) < 4.78 is 27.5. The molecule has 9 heteroatoms. The van der Waals surface area contributed by atoms with Gasteiger partial charge in [0, 0.05) is 17.1 Å². The van der Waals surface area contributed by atoms with Crippen LogP contribution >= 0.6 is 11.6 Å². The summed E-state index contributed by atoms with van der Waals surface area (Å²) in [6.45, 7) is 3.60. The molecule has 0 bridgehead atoms. The number of benzene rings is 4. The Hall–Kier alpha value is -3.98. The third kappa shape index (κ3) is 6.98. The molecule has 2 heterocycles. The van der Waals surface area contributed by atoms with Crippen LogP contribution in [0.3, 0.4) is 0 Å². The van der Waals surface area contributed by atoms with Crippen LogP contribution in [0, 0.1) is 5.92 Å². The predicted octanol–water partition coefficient (Wildman–Crippen LogP) is 6.41. The first-order valence-corrected chi connectivity index (χ1v) is 17.2. The number of anilines is 1. The van der Waals surface area contributed by atoms with Crippen LogP contribution in [-0.2, 0) is 22.8 Å². The fourth-order valence-corrected chi connectivity index (χ4v) is 8.13. The van der Waals surface area contributed by atoms with Crippen molar-refractivity contribution in [2.45, 2.75) is 42.0 Å². The SMILES string of the molecule is O=C(NCCCN1CCC(Cc2ccccc2)CC1)c1ccc2c(c1)N(Cc1cccc(Cl)c1)C(=O)c1ccccc1S2(=O)=O. The van der Waals surface area contributed by atoms with Gasteiger partial charge in [-0.15, -0.1) is 0 Å². The van der Waals surface area contributed by atoms with Gasteiger partial charge in [0.25, 0.3) is 11.8 Å². The van der Waals surface area contributed by atoms with E-state index >= 15 is 0 Å². The van der Waals surface area contributed by atoms with E-state index in [1.807, 2.05) is 6.07 Å². The zero-order valence-electron chi connectivity index (χ0n) is 25.0. The van der Waals surface area contributed by atoms with Crippen molar-refractivity contribution >= 4 is 38.9 Å². The van der Waals surface area contributed by atoms with Gasteiger partial charge in [-0.25, -0.2) is 8.42 Å². The monoisotopic (exact) mass is 641 g/mol. The quantitative estimate of drug-likeness (QED) is 0.214. The molecule has 1 fully saturated rings. The number of nitrogens with one attached hydrogen (secondary N) is 1. The normalized spacial score (nSPS) is 16.5. The Morgan fingerprint density at radius 1 is 0.844 bits per heavy atom. The number of likely N-dealkylation sites (tertiary alicyclic amines) is 1. The first-order chi connectivity index (χ1) is 21.8. The number of carbonyl (C=O) groups is 2. The minimum atomic E-state index is -4.03. The number of carbonyl (C=O) groups excluding carboxylic acids is 2. The summed E-state index contributed by atoms with van der Waals surface area (Å²) in [6.07, 6.45) is 4.28. The van der Waals surface area contributed by atoms with Gasteiger partial charge in [-0.1, -0.05) is 66.2 Å². The van der Waals surface area contributed by atoms with Crippen molar-refractivity contribution < 1.29 is 18.0 Å². The topological polar surface area (TPSA) is 86.8 Å². The van der Waals surface area contributed by atoms with E-state index < -0.39 is 15.7 Å². The molecule has 4 aromatic rings. The van der Waals surface area contributed by atoms with Crippen LogP contribution < -0.4 is 10.2 Å². The number of sulfone groups is 1. The molecule has 1 saturated heterocycles. The zero-order chi connectivity index (χ0) is 31.4. The number of halogens is 1. The number of nitrogens with zero attached hydrogens (tertiary/aromatic N) is 2. The van der Waals surface area contributed by atoms with Crippen LogP contribution in [-0.4, -0.2) is 51.3 Å². The Bertz CT molecular complexity index is 1800. The molecule has 0 radical (unpaired) electrons. The average Bonchev–Trinajstić information content (AvgIpc) is 3.12. The lowest BCUT2D eigenvalue weighted by Gasteiger charge is -2.32. The van der Waals surface area contributed by atoms with Gasteiger partial charge < -0.3 is 15.1 Å². The van der Waals surface area contributed by atoms with Crippen molar-refractivity contribution in [3.8, 4) is 0 Å². The van der Waals surface area contributed by atoms with E-state index in [2.05, 4.69) is 40.5 Å². The number of hydrogen-bond donors (Lipinski definition) is 1. The first-order valence-electron chi connectivity index (χ1n) is 15.4. The van der Waals surface area contributed by atoms with E-state index in [0.29, 0.717) is 23.0 Å². The van der Waals surface area contributed by atoms with E-state index in [4.69, 9.17) is 11.6 Å². The molecule has 0 spiro atoms. The van der Waals surface area contributed by atoms with Crippen LogP contribution in [0.15, 0.2) is 107 Å². The smallest absolute Gasteiger partial charge is 0.259 e. The summed E-state index contributed by atoms with van der Waals surface area (Å²) in [5.41, 5.74) is 2.68. The second kappa shape index (κ2) is 13.6. The lowest BCUT2D eigenvalue weighted by molar-refractivity contribution is 0.0947. The highest BCUT2D eigenvalue weighted by Gasteiger charge is 2.36. The highest BCUT2D eigenvalue weighted by molar-refractivity contribution is 7.91. The zero-order valence-corrected chi connectivity index (χ0v) is 26.6. The molecule has 2 amide bonds. The van der Waals surface area contributed by atoms with Gasteiger partial charge in [-0.05, 0) is 105 Å². The number of hydrogen-bond acceptors (Lipinski definition) is 5. The Labute approximate surface area is 269 Å². The van der Waals surface area contributed by atoms with Crippen molar-refractivity contribution in [3.63, 3.8) is 0 Å². The van der Waals surface area contributed by atoms with E-state index in [0.717, 1.165) is 38.0 Å². The van der Waals surface area contributed by atoms with Gasteiger partial charge in [-0.2, -0.15) is 0 Å². The molecule has 0 aliphatic carbocycles. The van der Waals surface area contributed by atoms with Gasteiger partial charge in [-0.3, -0.25) is 9.59 Å². The molecule has 45 heavy (non-hydrogen) atoms. The maximum absolute atomic E-state index is 13.9. The van der Waals surface area contributed by atoms with Crippen LogP contribution in [0.1, 0.15) is 51.1 Å². The second-order valence-corrected chi connectivity index (χ2v) is 14.1. The summed E-state index contributed by atoms with van der Waals surface area (Å²) in [7, 11) is -4.03. The highest BCUT2D eigenvalue weighted by atomic mass is 35.5. The van der Waals surface area contributed by atoms with Crippen LogP contribution in [0.25, 0.3) is 0 Å². The summed E-state index contributed by atoms with van der Waals surface area (Å²) in [5.74, 6) is -0.0647.